The highest BCUT2D eigenvalue weighted by Gasteiger charge is 2.13. The van der Waals surface area contributed by atoms with Gasteiger partial charge < -0.3 is 5.32 Å². The smallest absolute Gasteiger partial charge is 0.148 e. The number of nitrogens with zero attached hydrogens (tertiary/aromatic N) is 2. The minimum Gasteiger partial charge on any atom is -0.366 e. The van der Waals surface area contributed by atoms with Gasteiger partial charge >= 0.3 is 0 Å². The van der Waals surface area contributed by atoms with E-state index >= 15 is 0 Å². The Morgan fingerprint density at radius 3 is 2.00 bits per heavy atom. The lowest BCUT2D eigenvalue weighted by molar-refractivity contribution is 0.582. The van der Waals surface area contributed by atoms with Gasteiger partial charge in [0.25, 0.3) is 0 Å². The fourth-order valence-corrected chi connectivity index (χ4v) is 2.83. The molecule has 0 amide bonds. The first-order valence-electron chi connectivity index (χ1n) is 7.47. The molecule has 0 aliphatic carbocycles. The molecule has 0 aliphatic heterocycles. The zero-order chi connectivity index (χ0) is 14.3. The molecule has 0 radical (unpaired) electrons. The molecule has 19 heavy (non-hydrogen) atoms. The molecule has 1 aromatic rings. The van der Waals surface area contributed by atoms with Crippen LogP contribution in [0.25, 0.3) is 0 Å². The third-order valence-corrected chi connectivity index (χ3v) is 3.91. The average Bonchev–Trinajstić information content (AvgIpc) is 2.40. The minimum absolute atomic E-state index is 0.514. The van der Waals surface area contributed by atoms with Crippen molar-refractivity contribution in [2.75, 3.05) is 5.32 Å². The Morgan fingerprint density at radius 2 is 1.53 bits per heavy atom. The predicted octanol–water partition coefficient (Wildman–Crippen LogP) is 4.74. The second kappa shape index (κ2) is 8.51. The molecule has 0 atom stereocenters. The van der Waals surface area contributed by atoms with Gasteiger partial charge in [-0.15, -0.1) is 0 Å². The van der Waals surface area contributed by atoms with E-state index in [0.717, 1.165) is 34.7 Å². The zero-order valence-corrected chi connectivity index (χ0v) is 14.2. The Bertz CT molecular complexity index is 387. The molecule has 0 aliphatic rings. The summed E-state index contributed by atoms with van der Waals surface area (Å²) in [5, 5.41) is 3.61. The van der Waals surface area contributed by atoms with Crippen molar-refractivity contribution >= 4 is 21.7 Å². The number of hydrogen-bond donors (Lipinski definition) is 1. The lowest BCUT2D eigenvalue weighted by atomic mass is 10.1. The third-order valence-electron chi connectivity index (χ3n) is 3.28. The molecule has 1 heterocycles. The van der Waals surface area contributed by atoms with Gasteiger partial charge in [0.1, 0.15) is 10.4 Å². The van der Waals surface area contributed by atoms with Crippen molar-refractivity contribution in [2.45, 2.75) is 72.3 Å². The molecule has 0 aromatic carbocycles. The Labute approximate surface area is 125 Å². The molecule has 1 rings (SSSR count). The zero-order valence-electron chi connectivity index (χ0n) is 12.6. The van der Waals surface area contributed by atoms with Crippen LogP contribution in [0.2, 0.25) is 0 Å². The number of aryl methyl sites for hydroxylation is 2. The first kappa shape index (κ1) is 16.4. The van der Waals surface area contributed by atoms with Crippen LogP contribution in [0.4, 0.5) is 5.82 Å². The molecule has 0 bridgehead atoms. The minimum atomic E-state index is 0.514. The maximum Gasteiger partial charge on any atom is 0.148 e. The van der Waals surface area contributed by atoms with Crippen molar-refractivity contribution in [3.63, 3.8) is 0 Å². The molecule has 1 aromatic heterocycles. The second-order valence-electron chi connectivity index (χ2n) is 4.88. The summed E-state index contributed by atoms with van der Waals surface area (Å²) in [6, 6.07) is 0.514. The Hall–Kier alpha value is -0.640. The molecule has 0 saturated carbocycles. The van der Waals surface area contributed by atoms with Crippen molar-refractivity contribution in [1.29, 1.82) is 0 Å². The van der Waals surface area contributed by atoms with Gasteiger partial charge in [0.2, 0.25) is 0 Å². The number of hydrogen-bond acceptors (Lipinski definition) is 3. The largest absolute Gasteiger partial charge is 0.366 e. The van der Waals surface area contributed by atoms with E-state index in [1.807, 2.05) is 0 Å². The van der Waals surface area contributed by atoms with Crippen molar-refractivity contribution in [1.82, 2.24) is 9.97 Å². The van der Waals surface area contributed by atoms with Gasteiger partial charge in [0.05, 0.1) is 11.4 Å². The highest BCUT2D eigenvalue weighted by molar-refractivity contribution is 9.10. The summed E-state index contributed by atoms with van der Waals surface area (Å²) in [4.78, 5) is 9.37. The van der Waals surface area contributed by atoms with E-state index in [-0.39, 0.29) is 0 Å². The van der Waals surface area contributed by atoms with Gasteiger partial charge in [-0.2, -0.15) is 0 Å². The highest BCUT2D eigenvalue weighted by atomic mass is 79.9. The molecule has 0 saturated heterocycles. The SMILES string of the molecule is CCCC(CCC)Nc1nc(CC)c(Br)nc1CC. The van der Waals surface area contributed by atoms with Crippen LogP contribution in [0.3, 0.4) is 0 Å². The van der Waals surface area contributed by atoms with Crippen molar-refractivity contribution in [2.24, 2.45) is 0 Å². The lowest BCUT2D eigenvalue weighted by Crippen LogP contribution is -2.21. The summed E-state index contributed by atoms with van der Waals surface area (Å²) >= 11 is 3.51. The second-order valence-corrected chi connectivity index (χ2v) is 5.63. The Morgan fingerprint density at radius 1 is 0.947 bits per heavy atom. The standard InChI is InChI=1S/C15H26BrN3/c1-5-9-11(10-6-2)17-15-13(8-4)18-14(16)12(7-3)19-15/h11H,5-10H2,1-4H3,(H,17,19). The summed E-state index contributed by atoms with van der Waals surface area (Å²) in [5.41, 5.74) is 2.09. The van der Waals surface area contributed by atoms with Gasteiger partial charge in [-0.1, -0.05) is 40.5 Å². The van der Waals surface area contributed by atoms with Gasteiger partial charge in [-0.25, -0.2) is 9.97 Å². The van der Waals surface area contributed by atoms with Crippen LogP contribution >= 0.6 is 15.9 Å². The summed E-state index contributed by atoms with van der Waals surface area (Å²) < 4.78 is 0.889. The van der Waals surface area contributed by atoms with Crippen LogP contribution < -0.4 is 5.32 Å². The summed E-state index contributed by atoms with van der Waals surface area (Å²) in [6.07, 6.45) is 6.58. The molecular weight excluding hydrogens is 302 g/mol. The maximum atomic E-state index is 4.75. The van der Waals surface area contributed by atoms with Crippen molar-refractivity contribution < 1.29 is 0 Å². The summed E-state index contributed by atoms with van der Waals surface area (Å²) in [6.45, 7) is 8.70. The molecule has 0 spiro atoms. The van der Waals surface area contributed by atoms with Crippen LogP contribution in [-0.4, -0.2) is 16.0 Å². The molecule has 0 fully saturated rings. The Kier molecular flexibility index (Phi) is 7.36. The number of rotatable bonds is 8. The molecule has 0 unspecified atom stereocenters. The fourth-order valence-electron chi connectivity index (χ4n) is 2.25. The number of halogens is 1. The topological polar surface area (TPSA) is 37.8 Å². The molecule has 108 valence electrons. The van der Waals surface area contributed by atoms with Gasteiger partial charge in [0, 0.05) is 6.04 Å². The van der Waals surface area contributed by atoms with Gasteiger partial charge in [-0.05, 0) is 41.6 Å². The molecular formula is C15H26BrN3. The van der Waals surface area contributed by atoms with Crippen molar-refractivity contribution in [3.8, 4) is 0 Å². The van der Waals surface area contributed by atoms with Crippen LogP contribution in [0.5, 0.6) is 0 Å². The first-order chi connectivity index (χ1) is 9.15. The third kappa shape index (κ3) is 4.75. The van der Waals surface area contributed by atoms with Gasteiger partial charge in [-0.3, -0.25) is 0 Å². The van der Waals surface area contributed by atoms with E-state index in [1.54, 1.807) is 0 Å². The van der Waals surface area contributed by atoms with Crippen LogP contribution in [0.15, 0.2) is 4.60 Å². The average molecular weight is 328 g/mol. The van der Waals surface area contributed by atoms with E-state index in [2.05, 4.69) is 53.9 Å². The van der Waals surface area contributed by atoms with Crippen molar-refractivity contribution in [3.05, 3.63) is 16.0 Å². The molecule has 1 N–H and O–H groups in total. The van der Waals surface area contributed by atoms with E-state index in [1.165, 1.54) is 25.7 Å². The molecule has 4 heteroatoms. The summed E-state index contributed by atoms with van der Waals surface area (Å²) in [7, 11) is 0. The van der Waals surface area contributed by atoms with E-state index in [9.17, 15) is 0 Å². The normalized spacial score (nSPS) is 11.1. The van der Waals surface area contributed by atoms with Crippen LogP contribution in [0.1, 0.15) is 64.8 Å². The summed E-state index contributed by atoms with van der Waals surface area (Å²) in [5.74, 6) is 0.981. The van der Waals surface area contributed by atoms with E-state index in [4.69, 9.17) is 4.98 Å². The predicted molar refractivity (Wildman–Crippen MR) is 85.7 cm³/mol. The molecule has 3 nitrogen and oxygen atoms in total. The maximum absolute atomic E-state index is 4.75. The first-order valence-corrected chi connectivity index (χ1v) is 8.27. The quantitative estimate of drug-likeness (QED) is 0.749. The van der Waals surface area contributed by atoms with E-state index in [0.29, 0.717) is 6.04 Å². The number of nitrogens with one attached hydrogen (secondary N) is 1. The van der Waals surface area contributed by atoms with Crippen LogP contribution in [0, 0.1) is 0 Å². The number of anilines is 1. The van der Waals surface area contributed by atoms with Crippen LogP contribution in [-0.2, 0) is 12.8 Å². The lowest BCUT2D eigenvalue weighted by Gasteiger charge is -2.20. The Balaban J connectivity index is 2.96. The van der Waals surface area contributed by atoms with E-state index < -0.39 is 0 Å². The highest BCUT2D eigenvalue weighted by Crippen LogP contribution is 2.21. The monoisotopic (exact) mass is 327 g/mol. The fraction of sp³-hybridized carbons (Fsp3) is 0.733. The van der Waals surface area contributed by atoms with Gasteiger partial charge in [0.15, 0.2) is 0 Å². The number of aromatic nitrogens is 2.